The van der Waals surface area contributed by atoms with Gasteiger partial charge < -0.3 is 20.3 Å². The first kappa shape index (κ1) is 20.0. The van der Waals surface area contributed by atoms with Crippen molar-refractivity contribution < 1.29 is 27.5 Å². The van der Waals surface area contributed by atoms with Gasteiger partial charge >= 0.3 is 6.36 Å². The lowest BCUT2D eigenvalue weighted by molar-refractivity contribution is -0.274. The van der Waals surface area contributed by atoms with Gasteiger partial charge in [-0.1, -0.05) is 13.8 Å². The van der Waals surface area contributed by atoms with E-state index in [0.29, 0.717) is 26.2 Å². The number of amides is 2. The molecule has 1 aliphatic rings. The van der Waals surface area contributed by atoms with Gasteiger partial charge in [-0.05, 0) is 30.2 Å². The van der Waals surface area contributed by atoms with E-state index in [2.05, 4.69) is 4.74 Å². The van der Waals surface area contributed by atoms with Gasteiger partial charge in [0.15, 0.2) is 0 Å². The largest absolute Gasteiger partial charge is 0.573 e. The highest BCUT2D eigenvalue weighted by atomic mass is 19.4. The summed E-state index contributed by atoms with van der Waals surface area (Å²) in [6, 6.07) is 4.20. The Kier molecular flexibility index (Phi) is 6.12. The number of alkyl halides is 3. The van der Waals surface area contributed by atoms with Crippen LogP contribution in [0.2, 0.25) is 0 Å². The van der Waals surface area contributed by atoms with Gasteiger partial charge in [0.2, 0.25) is 5.91 Å². The average Bonchev–Trinajstić information content (AvgIpc) is 2.59. The van der Waals surface area contributed by atoms with Gasteiger partial charge in [-0.2, -0.15) is 0 Å². The van der Waals surface area contributed by atoms with E-state index in [4.69, 9.17) is 5.73 Å². The summed E-state index contributed by atoms with van der Waals surface area (Å²) >= 11 is 0. The maximum absolute atomic E-state index is 12.4. The molecule has 1 fully saturated rings. The molecule has 9 heteroatoms. The third-order valence-corrected chi connectivity index (χ3v) is 4.22. The fraction of sp³-hybridized carbons (Fsp3) is 0.529. The van der Waals surface area contributed by atoms with E-state index < -0.39 is 12.4 Å². The number of carbonyl (C=O) groups is 2. The fourth-order valence-electron chi connectivity index (χ4n) is 2.61. The lowest BCUT2D eigenvalue weighted by atomic mass is 10.0. The average molecular weight is 373 g/mol. The molecule has 1 saturated heterocycles. The van der Waals surface area contributed by atoms with Gasteiger partial charge in [-0.3, -0.25) is 9.59 Å². The summed E-state index contributed by atoms with van der Waals surface area (Å²) in [5.74, 6) is -0.795. The smallest absolute Gasteiger partial charge is 0.406 e. The van der Waals surface area contributed by atoms with Crippen LogP contribution in [0, 0.1) is 5.92 Å². The van der Waals surface area contributed by atoms with Crippen LogP contribution in [0.15, 0.2) is 24.3 Å². The van der Waals surface area contributed by atoms with Crippen LogP contribution in [0.3, 0.4) is 0 Å². The van der Waals surface area contributed by atoms with Crippen molar-refractivity contribution in [3.63, 3.8) is 0 Å². The molecule has 26 heavy (non-hydrogen) atoms. The second-order valence-corrected chi connectivity index (χ2v) is 6.46. The molecule has 1 aliphatic heterocycles. The Labute approximate surface area is 149 Å². The Balaban J connectivity index is 1.93. The zero-order valence-electron chi connectivity index (χ0n) is 14.6. The van der Waals surface area contributed by atoms with E-state index in [1.807, 2.05) is 13.8 Å². The van der Waals surface area contributed by atoms with Gasteiger partial charge in [0.05, 0.1) is 6.04 Å². The summed E-state index contributed by atoms with van der Waals surface area (Å²) in [5, 5.41) is 0. The van der Waals surface area contributed by atoms with Crippen LogP contribution in [-0.2, 0) is 4.79 Å². The minimum atomic E-state index is -4.77. The highest BCUT2D eigenvalue weighted by molar-refractivity contribution is 5.94. The molecule has 0 bridgehead atoms. The number of carbonyl (C=O) groups excluding carboxylic acids is 2. The molecular formula is C17H22F3N3O3. The molecule has 1 aromatic rings. The van der Waals surface area contributed by atoms with Crippen molar-refractivity contribution in [3.8, 4) is 5.75 Å². The zero-order chi connectivity index (χ0) is 19.5. The van der Waals surface area contributed by atoms with Gasteiger partial charge in [-0.25, -0.2) is 0 Å². The second kappa shape index (κ2) is 7.94. The molecule has 0 aliphatic carbocycles. The van der Waals surface area contributed by atoms with Gasteiger partial charge in [0.1, 0.15) is 5.75 Å². The Bertz CT molecular complexity index is 639. The first-order valence-electron chi connectivity index (χ1n) is 8.28. The van der Waals surface area contributed by atoms with Crippen molar-refractivity contribution >= 4 is 11.8 Å². The Hall–Kier alpha value is -2.29. The molecule has 2 rings (SSSR count). The van der Waals surface area contributed by atoms with Crippen LogP contribution in [0.5, 0.6) is 5.75 Å². The Morgan fingerprint density at radius 2 is 1.54 bits per heavy atom. The lowest BCUT2D eigenvalue weighted by Crippen LogP contribution is -2.55. The quantitative estimate of drug-likeness (QED) is 0.874. The molecule has 0 spiro atoms. The number of piperazine rings is 1. The number of nitrogens with zero attached hydrogens (tertiary/aromatic N) is 2. The van der Waals surface area contributed by atoms with Crippen LogP contribution in [0.25, 0.3) is 0 Å². The molecular weight excluding hydrogens is 351 g/mol. The maximum atomic E-state index is 12.4. The fourth-order valence-corrected chi connectivity index (χ4v) is 2.61. The van der Waals surface area contributed by atoms with Crippen LogP contribution in [0.1, 0.15) is 24.2 Å². The minimum absolute atomic E-state index is 0.0274. The van der Waals surface area contributed by atoms with E-state index in [9.17, 15) is 22.8 Å². The number of ether oxygens (including phenoxy) is 1. The predicted molar refractivity (Wildman–Crippen MR) is 88.4 cm³/mol. The van der Waals surface area contributed by atoms with Gasteiger partial charge in [-0.15, -0.1) is 13.2 Å². The van der Waals surface area contributed by atoms with Crippen LogP contribution in [-0.4, -0.2) is 60.2 Å². The third kappa shape index (κ3) is 5.10. The highest BCUT2D eigenvalue weighted by Gasteiger charge is 2.31. The molecule has 1 heterocycles. The molecule has 1 atom stereocenters. The standard InChI is InChI=1S/C17H22F3N3O3/c1-11(2)14(21)16(25)23-9-7-22(8-10-23)15(24)12-3-5-13(6-4-12)26-17(18,19)20/h3-6,11,14H,7-10,21H2,1-2H3/t14-/m0/s1. The van der Waals surface area contributed by atoms with Crippen LogP contribution in [0.4, 0.5) is 13.2 Å². The number of halogens is 3. The minimum Gasteiger partial charge on any atom is -0.406 e. The predicted octanol–water partition coefficient (Wildman–Crippen LogP) is 1.85. The Morgan fingerprint density at radius 3 is 2.00 bits per heavy atom. The third-order valence-electron chi connectivity index (χ3n) is 4.22. The summed E-state index contributed by atoms with van der Waals surface area (Å²) in [5.41, 5.74) is 6.13. The first-order chi connectivity index (χ1) is 12.1. The molecule has 0 aromatic heterocycles. The van der Waals surface area contributed by atoms with E-state index in [0.717, 1.165) is 12.1 Å². The van der Waals surface area contributed by atoms with Crippen molar-refractivity contribution in [1.29, 1.82) is 0 Å². The van der Waals surface area contributed by atoms with E-state index in [-0.39, 0.29) is 29.0 Å². The Morgan fingerprint density at radius 1 is 1.04 bits per heavy atom. The molecule has 144 valence electrons. The van der Waals surface area contributed by atoms with Crippen LogP contribution < -0.4 is 10.5 Å². The first-order valence-corrected chi connectivity index (χ1v) is 8.28. The summed E-state index contributed by atoms with van der Waals surface area (Å²) in [7, 11) is 0. The summed E-state index contributed by atoms with van der Waals surface area (Å²) in [6.45, 7) is 5.18. The van der Waals surface area contributed by atoms with E-state index >= 15 is 0 Å². The van der Waals surface area contributed by atoms with E-state index in [1.54, 1.807) is 9.80 Å². The highest BCUT2D eigenvalue weighted by Crippen LogP contribution is 2.23. The summed E-state index contributed by atoms with van der Waals surface area (Å²) in [6.07, 6.45) is -4.77. The van der Waals surface area contributed by atoms with Crippen molar-refractivity contribution in [1.82, 2.24) is 9.80 Å². The molecule has 1 aromatic carbocycles. The number of hydrogen-bond donors (Lipinski definition) is 1. The molecule has 6 nitrogen and oxygen atoms in total. The molecule has 0 saturated carbocycles. The number of rotatable bonds is 4. The monoisotopic (exact) mass is 373 g/mol. The lowest BCUT2D eigenvalue weighted by Gasteiger charge is -2.36. The van der Waals surface area contributed by atoms with Gasteiger partial charge in [0.25, 0.3) is 5.91 Å². The number of hydrogen-bond acceptors (Lipinski definition) is 4. The second-order valence-electron chi connectivity index (χ2n) is 6.46. The zero-order valence-corrected chi connectivity index (χ0v) is 14.6. The van der Waals surface area contributed by atoms with Crippen molar-refractivity contribution in [2.24, 2.45) is 11.7 Å². The molecule has 2 N–H and O–H groups in total. The molecule has 0 radical (unpaired) electrons. The molecule has 0 unspecified atom stereocenters. The van der Waals surface area contributed by atoms with Crippen molar-refractivity contribution in [3.05, 3.63) is 29.8 Å². The molecule has 2 amide bonds. The van der Waals surface area contributed by atoms with Crippen LogP contribution >= 0.6 is 0 Å². The topological polar surface area (TPSA) is 75.9 Å². The van der Waals surface area contributed by atoms with Crippen molar-refractivity contribution in [2.45, 2.75) is 26.3 Å². The number of benzene rings is 1. The summed E-state index contributed by atoms with van der Waals surface area (Å²) in [4.78, 5) is 27.9. The van der Waals surface area contributed by atoms with E-state index in [1.165, 1.54) is 12.1 Å². The summed E-state index contributed by atoms with van der Waals surface area (Å²) < 4.78 is 40.3. The maximum Gasteiger partial charge on any atom is 0.573 e. The van der Waals surface area contributed by atoms with Gasteiger partial charge in [0, 0.05) is 31.7 Å². The SMILES string of the molecule is CC(C)[C@H](N)C(=O)N1CCN(C(=O)c2ccc(OC(F)(F)F)cc2)CC1. The van der Waals surface area contributed by atoms with Crippen molar-refractivity contribution in [2.75, 3.05) is 26.2 Å². The normalized spacial score (nSPS) is 16.6. The number of nitrogens with two attached hydrogens (primary N) is 1.